The van der Waals surface area contributed by atoms with Crippen LogP contribution in [0.15, 0.2) is 22.7 Å². The van der Waals surface area contributed by atoms with Crippen molar-refractivity contribution in [2.24, 2.45) is 5.73 Å². The van der Waals surface area contributed by atoms with Crippen LogP contribution in [0.5, 0.6) is 0 Å². The summed E-state index contributed by atoms with van der Waals surface area (Å²) in [6, 6.07) is 5.29. The summed E-state index contributed by atoms with van der Waals surface area (Å²) < 4.78 is 5.55. The molecule has 0 aliphatic carbocycles. The van der Waals surface area contributed by atoms with E-state index in [0.29, 0.717) is 11.3 Å². The number of amides is 1. The number of nitrogens with one attached hydrogen (secondary N) is 1. The number of rotatable bonds is 4. The normalized spacial score (nSPS) is 9.88. The minimum absolute atomic E-state index is 0.0106. The standard InChI is InChI=1S/C10H11BrN2O2S/c1-15-5-9(14)13-8-4-6(11)2-3-7(8)10(12)16/h2-4H,5H2,1H3,(H2,12,16)(H,13,14). The first-order valence-corrected chi connectivity index (χ1v) is 5.63. The molecule has 1 amide bonds. The maximum Gasteiger partial charge on any atom is 0.250 e. The van der Waals surface area contributed by atoms with Crippen molar-refractivity contribution in [2.75, 3.05) is 19.0 Å². The average molecular weight is 303 g/mol. The number of ether oxygens (including phenoxy) is 1. The number of benzene rings is 1. The van der Waals surface area contributed by atoms with Crippen LogP contribution in [0.25, 0.3) is 0 Å². The first-order valence-electron chi connectivity index (χ1n) is 4.42. The second kappa shape index (κ2) is 5.93. The molecule has 0 heterocycles. The SMILES string of the molecule is COCC(=O)Nc1cc(Br)ccc1C(N)=S. The maximum atomic E-state index is 11.4. The molecule has 6 heteroatoms. The highest BCUT2D eigenvalue weighted by Crippen LogP contribution is 2.21. The molecule has 0 aliphatic heterocycles. The molecular formula is C10H11BrN2O2S. The van der Waals surface area contributed by atoms with E-state index in [4.69, 9.17) is 22.7 Å². The smallest absolute Gasteiger partial charge is 0.250 e. The number of halogens is 1. The molecule has 0 saturated carbocycles. The number of thiocarbonyl (C=S) groups is 1. The van der Waals surface area contributed by atoms with E-state index in [-0.39, 0.29) is 17.5 Å². The van der Waals surface area contributed by atoms with Crippen LogP contribution in [0, 0.1) is 0 Å². The zero-order valence-electron chi connectivity index (χ0n) is 8.62. The predicted octanol–water partition coefficient (Wildman–Crippen LogP) is 1.67. The molecule has 86 valence electrons. The van der Waals surface area contributed by atoms with E-state index in [2.05, 4.69) is 21.2 Å². The molecule has 0 spiro atoms. The highest BCUT2D eigenvalue weighted by atomic mass is 79.9. The fourth-order valence-electron chi connectivity index (χ4n) is 1.15. The number of nitrogens with two attached hydrogens (primary N) is 1. The molecule has 0 saturated heterocycles. The van der Waals surface area contributed by atoms with E-state index in [1.165, 1.54) is 7.11 Å². The quantitative estimate of drug-likeness (QED) is 0.831. The van der Waals surface area contributed by atoms with Crippen LogP contribution in [0.2, 0.25) is 0 Å². The van der Waals surface area contributed by atoms with Gasteiger partial charge in [0.1, 0.15) is 11.6 Å². The van der Waals surface area contributed by atoms with E-state index >= 15 is 0 Å². The van der Waals surface area contributed by atoms with Crippen molar-refractivity contribution in [3.63, 3.8) is 0 Å². The van der Waals surface area contributed by atoms with Gasteiger partial charge in [0.05, 0.1) is 5.69 Å². The lowest BCUT2D eigenvalue weighted by Crippen LogP contribution is -2.20. The van der Waals surface area contributed by atoms with Gasteiger partial charge < -0.3 is 15.8 Å². The van der Waals surface area contributed by atoms with Gasteiger partial charge in [-0.1, -0.05) is 28.1 Å². The summed E-state index contributed by atoms with van der Waals surface area (Å²) in [5, 5.41) is 2.67. The number of carbonyl (C=O) groups excluding carboxylic acids is 1. The highest BCUT2D eigenvalue weighted by Gasteiger charge is 2.09. The molecular weight excluding hydrogens is 292 g/mol. The maximum absolute atomic E-state index is 11.4. The van der Waals surface area contributed by atoms with E-state index in [9.17, 15) is 4.79 Å². The van der Waals surface area contributed by atoms with Crippen molar-refractivity contribution in [2.45, 2.75) is 0 Å². The molecule has 0 unspecified atom stereocenters. The Balaban J connectivity index is 2.96. The summed E-state index contributed by atoms with van der Waals surface area (Å²) in [5.41, 5.74) is 6.75. The zero-order valence-corrected chi connectivity index (χ0v) is 11.0. The highest BCUT2D eigenvalue weighted by molar-refractivity contribution is 9.10. The molecule has 1 aromatic rings. The number of methoxy groups -OCH3 is 1. The summed E-state index contributed by atoms with van der Waals surface area (Å²) in [7, 11) is 1.45. The lowest BCUT2D eigenvalue weighted by molar-refractivity contribution is -0.119. The Morgan fingerprint density at radius 3 is 2.88 bits per heavy atom. The Labute approximate surface area is 107 Å². The van der Waals surface area contributed by atoms with Crippen LogP contribution in [-0.2, 0) is 9.53 Å². The third kappa shape index (κ3) is 3.55. The summed E-state index contributed by atoms with van der Waals surface area (Å²) >= 11 is 8.20. The Bertz CT molecular complexity index is 423. The minimum atomic E-state index is -0.252. The zero-order chi connectivity index (χ0) is 12.1. The number of anilines is 1. The van der Waals surface area contributed by atoms with Gasteiger partial charge in [-0.25, -0.2) is 0 Å². The van der Waals surface area contributed by atoms with Crippen molar-refractivity contribution in [1.29, 1.82) is 0 Å². The molecule has 4 nitrogen and oxygen atoms in total. The van der Waals surface area contributed by atoms with Crippen LogP contribution in [-0.4, -0.2) is 24.6 Å². The first kappa shape index (κ1) is 13.1. The van der Waals surface area contributed by atoms with Crippen LogP contribution in [0.3, 0.4) is 0 Å². The third-order valence-corrected chi connectivity index (χ3v) is 2.51. The number of hydrogen-bond acceptors (Lipinski definition) is 3. The molecule has 1 aromatic carbocycles. The van der Waals surface area contributed by atoms with E-state index in [0.717, 1.165) is 4.47 Å². The Hall–Kier alpha value is -0.980. The van der Waals surface area contributed by atoms with E-state index in [1.54, 1.807) is 18.2 Å². The molecule has 0 fully saturated rings. The predicted molar refractivity (Wildman–Crippen MR) is 70.5 cm³/mol. The number of carbonyl (C=O) groups is 1. The van der Waals surface area contributed by atoms with Gasteiger partial charge >= 0.3 is 0 Å². The monoisotopic (exact) mass is 302 g/mol. The molecule has 1 rings (SSSR count). The number of hydrogen-bond donors (Lipinski definition) is 2. The summed E-state index contributed by atoms with van der Waals surface area (Å²) in [4.78, 5) is 11.6. The fourth-order valence-corrected chi connectivity index (χ4v) is 1.69. The second-order valence-corrected chi connectivity index (χ2v) is 4.39. The van der Waals surface area contributed by atoms with Crippen molar-refractivity contribution in [3.05, 3.63) is 28.2 Å². The Morgan fingerprint density at radius 2 is 2.31 bits per heavy atom. The fraction of sp³-hybridized carbons (Fsp3) is 0.200. The van der Waals surface area contributed by atoms with Crippen molar-refractivity contribution in [1.82, 2.24) is 0 Å². The van der Waals surface area contributed by atoms with Gasteiger partial charge in [0.2, 0.25) is 5.91 Å². The molecule has 0 aliphatic rings. The molecule has 0 atom stereocenters. The topological polar surface area (TPSA) is 64.3 Å². The van der Waals surface area contributed by atoms with Crippen molar-refractivity contribution < 1.29 is 9.53 Å². The average Bonchev–Trinajstić information content (AvgIpc) is 2.17. The third-order valence-electron chi connectivity index (χ3n) is 1.80. The van der Waals surface area contributed by atoms with Gasteiger partial charge in [-0.05, 0) is 18.2 Å². The summed E-state index contributed by atoms with van der Waals surface area (Å²) in [6.45, 7) is -0.0106. The molecule has 0 bridgehead atoms. The van der Waals surface area contributed by atoms with E-state index < -0.39 is 0 Å². The van der Waals surface area contributed by atoms with Crippen LogP contribution >= 0.6 is 28.1 Å². The minimum Gasteiger partial charge on any atom is -0.389 e. The molecule has 0 aromatic heterocycles. The Kier molecular flexibility index (Phi) is 4.85. The lowest BCUT2D eigenvalue weighted by atomic mass is 10.2. The van der Waals surface area contributed by atoms with E-state index in [1.807, 2.05) is 0 Å². The molecule has 0 radical (unpaired) electrons. The van der Waals surface area contributed by atoms with Gasteiger partial charge in [-0.3, -0.25) is 4.79 Å². The van der Waals surface area contributed by atoms with Gasteiger partial charge in [0, 0.05) is 17.1 Å². The van der Waals surface area contributed by atoms with Crippen LogP contribution in [0.1, 0.15) is 5.56 Å². The molecule has 3 N–H and O–H groups in total. The van der Waals surface area contributed by atoms with Crippen molar-refractivity contribution in [3.8, 4) is 0 Å². The molecule has 16 heavy (non-hydrogen) atoms. The van der Waals surface area contributed by atoms with Gasteiger partial charge in [0.15, 0.2) is 0 Å². The Morgan fingerprint density at radius 1 is 1.62 bits per heavy atom. The van der Waals surface area contributed by atoms with Gasteiger partial charge in [-0.2, -0.15) is 0 Å². The lowest BCUT2D eigenvalue weighted by Gasteiger charge is -2.10. The summed E-state index contributed by atoms with van der Waals surface area (Å²) in [5.74, 6) is -0.252. The second-order valence-electron chi connectivity index (χ2n) is 3.04. The van der Waals surface area contributed by atoms with Gasteiger partial charge in [0.25, 0.3) is 0 Å². The first-order chi connectivity index (χ1) is 7.54. The van der Waals surface area contributed by atoms with Crippen molar-refractivity contribution >= 4 is 44.7 Å². The van der Waals surface area contributed by atoms with Crippen LogP contribution < -0.4 is 11.1 Å². The van der Waals surface area contributed by atoms with Gasteiger partial charge in [-0.15, -0.1) is 0 Å². The largest absolute Gasteiger partial charge is 0.389 e. The summed E-state index contributed by atoms with van der Waals surface area (Å²) in [6.07, 6.45) is 0. The van der Waals surface area contributed by atoms with Crippen LogP contribution in [0.4, 0.5) is 5.69 Å².